The lowest BCUT2D eigenvalue weighted by Gasteiger charge is -2.13. The fraction of sp³-hybridized carbons (Fsp3) is 0.286. The van der Waals surface area contributed by atoms with E-state index in [1.165, 1.54) is 40.9 Å². The predicted molar refractivity (Wildman–Crippen MR) is 101 cm³/mol. The Bertz CT molecular complexity index is 987. The first kappa shape index (κ1) is 15.9. The summed E-state index contributed by atoms with van der Waals surface area (Å²) in [4.78, 5) is 6.08. The van der Waals surface area contributed by atoms with E-state index in [1.807, 2.05) is 12.1 Å². The number of hydrogen-bond acceptors (Lipinski definition) is 3. The van der Waals surface area contributed by atoms with Crippen molar-refractivity contribution in [3.63, 3.8) is 0 Å². The first-order valence-corrected chi connectivity index (χ1v) is 9.73. The third-order valence-corrected chi connectivity index (χ3v) is 6.35. The van der Waals surface area contributed by atoms with Crippen molar-refractivity contribution >= 4 is 17.0 Å². The zero-order valence-electron chi connectivity index (χ0n) is 14.4. The molecule has 1 unspecified atom stereocenters. The van der Waals surface area contributed by atoms with Crippen LogP contribution in [0.1, 0.15) is 45.8 Å². The van der Waals surface area contributed by atoms with Crippen molar-refractivity contribution in [2.75, 3.05) is 5.32 Å². The standard InChI is InChI=1S/C21H18F2N2S/c1-11-20(25-21(26-11)12-5-6-12)13-7-8-17-14(9-13)10-18(24-17)19-15(22)3-2-4-16(19)23/h2-4,7-9,12,18,24H,5-6,10H2,1H3. The van der Waals surface area contributed by atoms with E-state index in [4.69, 9.17) is 4.98 Å². The molecular weight excluding hydrogens is 350 g/mol. The van der Waals surface area contributed by atoms with Gasteiger partial charge in [-0.1, -0.05) is 12.1 Å². The van der Waals surface area contributed by atoms with Crippen LogP contribution in [0.4, 0.5) is 14.5 Å². The topological polar surface area (TPSA) is 24.9 Å². The molecule has 0 bridgehead atoms. The van der Waals surface area contributed by atoms with Gasteiger partial charge in [0.05, 0.1) is 16.7 Å². The monoisotopic (exact) mass is 368 g/mol. The van der Waals surface area contributed by atoms with Crippen molar-refractivity contribution in [3.05, 3.63) is 69.0 Å². The van der Waals surface area contributed by atoms with Gasteiger partial charge in [-0.2, -0.15) is 0 Å². The summed E-state index contributed by atoms with van der Waals surface area (Å²) in [6, 6.07) is 9.80. The molecule has 1 saturated carbocycles. The number of halogens is 2. The summed E-state index contributed by atoms with van der Waals surface area (Å²) in [5.41, 5.74) is 4.26. The molecule has 1 aliphatic carbocycles. The van der Waals surface area contributed by atoms with E-state index in [9.17, 15) is 8.78 Å². The minimum atomic E-state index is -0.500. The van der Waals surface area contributed by atoms with Gasteiger partial charge in [0.1, 0.15) is 11.6 Å². The van der Waals surface area contributed by atoms with Gasteiger partial charge in [0.25, 0.3) is 0 Å². The molecule has 0 spiro atoms. The maximum atomic E-state index is 14.1. The molecule has 2 heterocycles. The Labute approximate surface area is 154 Å². The highest BCUT2D eigenvalue weighted by Gasteiger charge is 2.29. The highest BCUT2D eigenvalue weighted by Crippen LogP contribution is 2.45. The van der Waals surface area contributed by atoms with Crippen molar-refractivity contribution in [1.29, 1.82) is 0 Å². The van der Waals surface area contributed by atoms with Crippen LogP contribution in [0.2, 0.25) is 0 Å². The molecule has 1 N–H and O–H groups in total. The molecule has 0 saturated heterocycles. The van der Waals surface area contributed by atoms with E-state index in [0.717, 1.165) is 22.5 Å². The molecule has 1 aromatic heterocycles. The quantitative estimate of drug-likeness (QED) is 0.615. The molecule has 1 aliphatic heterocycles. The minimum Gasteiger partial charge on any atom is -0.377 e. The van der Waals surface area contributed by atoms with Gasteiger partial charge in [-0.05, 0) is 56.0 Å². The van der Waals surface area contributed by atoms with Crippen LogP contribution in [0.15, 0.2) is 36.4 Å². The van der Waals surface area contributed by atoms with Crippen molar-refractivity contribution < 1.29 is 8.78 Å². The van der Waals surface area contributed by atoms with Crippen molar-refractivity contribution in [2.24, 2.45) is 0 Å². The maximum absolute atomic E-state index is 14.1. The zero-order chi connectivity index (χ0) is 17.8. The van der Waals surface area contributed by atoms with Crippen LogP contribution < -0.4 is 5.32 Å². The first-order valence-electron chi connectivity index (χ1n) is 8.91. The van der Waals surface area contributed by atoms with Gasteiger partial charge < -0.3 is 5.32 Å². The number of nitrogens with zero attached hydrogens (tertiary/aromatic N) is 1. The lowest BCUT2D eigenvalue weighted by molar-refractivity contribution is 0.539. The number of nitrogens with one attached hydrogen (secondary N) is 1. The van der Waals surface area contributed by atoms with Gasteiger partial charge in [-0.3, -0.25) is 0 Å². The SMILES string of the molecule is Cc1sc(C2CC2)nc1-c1ccc2c(c1)CC(c1c(F)cccc1F)N2. The van der Waals surface area contributed by atoms with Crippen LogP contribution in [0.25, 0.3) is 11.3 Å². The summed E-state index contributed by atoms with van der Waals surface area (Å²) in [6.45, 7) is 2.11. The molecule has 26 heavy (non-hydrogen) atoms. The van der Waals surface area contributed by atoms with Gasteiger partial charge in [0.2, 0.25) is 0 Å². The molecule has 1 fully saturated rings. The molecule has 1 atom stereocenters. The van der Waals surface area contributed by atoms with Crippen LogP contribution in [-0.4, -0.2) is 4.98 Å². The Kier molecular flexibility index (Phi) is 3.60. The molecule has 5 heteroatoms. The molecule has 2 nitrogen and oxygen atoms in total. The van der Waals surface area contributed by atoms with Crippen molar-refractivity contribution in [3.8, 4) is 11.3 Å². The van der Waals surface area contributed by atoms with Crippen molar-refractivity contribution in [1.82, 2.24) is 4.98 Å². The lowest BCUT2D eigenvalue weighted by Crippen LogP contribution is -2.10. The van der Waals surface area contributed by atoms with Crippen LogP contribution in [0, 0.1) is 18.6 Å². The number of anilines is 1. The normalized spacial score (nSPS) is 18.7. The Hall–Kier alpha value is -2.27. The van der Waals surface area contributed by atoms with E-state index in [2.05, 4.69) is 18.3 Å². The van der Waals surface area contributed by atoms with E-state index in [-0.39, 0.29) is 11.6 Å². The first-order chi connectivity index (χ1) is 12.6. The molecule has 132 valence electrons. The smallest absolute Gasteiger partial charge is 0.131 e. The maximum Gasteiger partial charge on any atom is 0.131 e. The number of aryl methyl sites for hydroxylation is 1. The molecule has 0 radical (unpaired) electrons. The van der Waals surface area contributed by atoms with Crippen molar-refractivity contribution in [2.45, 2.75) is 38.1 Å². The summed E-state index contributed by atoms with van der Waals surface area (Å²) in [7, 11) is 0. The molecular formula is C21H18F2N2S. The Morgan fingerprint density at radius 1 is 1.12 bits per heavy atom. The summed E-state index contributed by atoms with van der Waals surface area (Å²) in [5.74, 6) is -0.350. The Morgan fingerprint density at radius 2 is 1.88 bits per heavy atom. The third-order valence-electron chi connectivity index (χ3n) is 5.22. The summed E-state index contributed by atoms with van der Waals surface area (Å²) in [5, 5.41) is 4.50. The second kappa shape index (κ2) is 5.88. The van der Waals surface area contributed by atoms with Gasteiger partial charge in [0, 0.05) is 27.6 Å². The van der Waals surface area contributed by atoms with E-state index < -0.39 is 11.6 Å². The molecule has 5 rings (SSSR count). The molecule has 3 aromatic rings. The summed E-state index contributed by atoms with van der Waals surface area (Å²) < 4.78 is 28.2. The van der Waals surface area contributed by atoms with Gasteiger partial charge in [-0.15, -0.1) is 11.3 Å². The summed E-state index contributed by atoms with van der Waals surface area (Å²) in [6.07, 6.45) is 3.06. The lowest BCUT2D eigenvalue weighted by atomic mass is 10.00. The zero-order valence-corrected chi connectivity index (χ0v) is 15.2. The average molecular weight is 368 g/mol. The highest BCUT2D eigenvalue weighted by atomic mass is 32.1. The number of rotatable bonds is 3. The van der Waals surface area contributed by atoms with Gasteiger partial charge in [-0.25, -0.2) is 13.8 Å². The summed E-state index contributed by atoms with van der Waals surface area (Å²) >= 11 is 1.79. The largest absolute Gasteiger partial charge is 0.377 e. The van der Waals surface area contributed by atoms with Gasteiger partial charge >= 0.3 is 0 Å². The van der Waals surface area contributed by atoms with E-state index >= 15 is 0 Å². The number of fused-ring (bicyclic) bond motifs is 1. The highest BCUT2D eigenvalue weighted by molar-refractivity contribution is 7.12. The van der Waals surface area contributed by atoms with Gasteiger partial charge in [0.15, 0.2) is 0 Å². The predicted octanol–water partition coefficient (Wildman–Crippen LogP) is 5.98. The molecule has 2 aliphatic rings. The van der Waals surface area contributed by atoms with Crippen LogP contribution in [0.5, 0.6) is 0 Å². The fourth-order valence-corrected chi connectivity index (χ4v) is 4.83. The second-order valence-electron chi connectivity index (χ2n) is 7.14. The number of thiazole rings is 1. The van der Waals surface area contributed by atoms with Crippen LogP contribution in [0.3, 0.4) is 0 Å². The molecule has 2 aromatic carbocycles. The van der Waals surface area contributed by atoms with Crippen LogP contribution >= 0.6 is 11.3 Å². The van der Waals surface area contributed by atoms with Crippen LogP contribution in [-0.2, 0) is 6.42 Å². The Balaban J connectivity index is 1.47. The average Bonchev–Trinajstić information content (AvgIpc) is 3.26. The Morgan fingerprint density at radius 3 is 2.62 bits per heavy atom. The number of aromatic nitrogens is 1. The van der Waals surface area contributed by atoms with E-state index in [0.29, 0.717) is 12.3 Å². The molecule has 0 amide bonds. The number of hydrogen-bond donors (Lipinski definition) is 1. The fourth-order valence-electron chi connectivity index (χ4n) is 3.72. The second-order valence-corrected chi connectivity index (χ2v) is 8.37. The third kappa shape index (κ3) is 2.62. The number of benzene rings is 2. The minimum absolute atomic E-state index is 0.117. The van der Waals surface area contributed by atoms with E-state index in [1.54, 1.807) is 11.3 Å².